The van der Waals surface area contributed by atoms with E-state index in [-0.39, 0.29) is 30.9 Å². The summed E-state index contributed by atoms with van der Waals surface area (Å²) in [4.78, 5) is 14.9. The smallest absolute Gasteiger partial charge is 0.363 e. The molecule has 1 saturated heterocycles. The molecular weight excluding hydrogens is 289 g/mol. The highest BCUT2D eigenvalue weighted by atomic mass is 19.4. The summed E-state index contributed by atoms with van der Waals surface area (Å²) >= 11 is 0. The molecular formula is C12H17F3N4O2. The number of rotatable bonds is 2. The first-order chi connectivity index (χ1) is 9.83. The molecule has 2 rings (SSSR count). The molecule has 0 spiro atoms. The molecule has 21 heavy (non-hydrogen) atoms. The van der Waals surface area contributed by atoms with Crippen molar-refractivity contribution in [2.75, 3.05) is 38.0 Å². The zero-order chi connectivity index (χ0) is 15.5. The number of urea groups is 1. The van der Waals surface area contributed by atoms with Crippen molar-refractivity contribution in [3.05, 3.63) is 12.3 Å². The molecule has 0 radical (unpaired) electrons. The van der Waals surface area contributed by atoms with Gasteiger partial charge in [-0.25, -0.2) is 4.79 Å². The van der Waals surface area contributed by atoms with Crippen LogP contribution in [-0.4, -0.2) is 59.9 Å². The van der Waals surface area contributed by atoms with Gasteiger partial charge in [0.05, 0.1) is 6.54 Å². The fraction of sp³-hybridized carbons (Fsp3) is 0.667. The Morgan fingerprint density at radius 3 is 2.86 bits per heavy atom. The number of amides is 2. The van der Waals surface area contributed by atoms with Crippen LogP contribution in [0.4, 0.5) is 23.8 Å². The summed E-state index contributed by atoms with van der Waals surface area (Å²) in [6.45, 7) is 2.02. The maximum absolute atomic E-state index is 12.5. The van der Waals surface area contributed by atoms with Crippen molar-refractivity contribution in [1.29, 1.82) is 0 Å². The van der Waals surface area contributed by atoms with Crippen LogP contribution < -0.4 is 5.32 Å². The summed E-state index contributed by atoms with van der Waals surface area (Å²) in [6, 6.07) is 1.11. The second-order valence-corrected chi connectivity index (χ2v) is 5.22. The number of anilines is 1. The average molecular weight is 306 g/mol. The predicted octanol–water partition coefficient (Wildman–Crippen LogP) is 2.02. The Hall–Kier alpha value is -1.77. The lowest BCUT2D eigenvalue weighted by molar-refractivity contribution is -0.146. The zero-order valence-corrected chi connectivity index (χ0v) is 11.6. The summed E-state index contributed by atoms with van der Waals surface area (Å²) < 4.78 is 42.0. The molecule has 1 atom stereocenters. The minimum Gasteiger partial charge on any atom is -0.363 e. The van der Waals surface area contributed by atoms with E-state index in [1.54, 1.807) is 0 Å². The summed E-state index contributed by atoms with van der Waals surface area (Å²) in [5, 5.41) is 6.11. The van der Waals surface area contributed by atoms with Crippen molar-refractivity contribution in [3.8, 4) is 0 Å². The standard InChI is InChI=1S/C12H17F3N4O2/c1-9-6-18(8-12(13,14)15)3-4-19(7-9)11(20)16-10-2-5-21-17-10/h2,5,9H,3-4,6-8H2,1H3,(H,16,17,20). The van der Waals surface area contributed by atoms with Gasteiger partial charge in [0.25, 0.3) is 0 Å². The predicted molar refractivity (Wildman–Crippen MR) is 68.8 cm³/mol. The van der Waals surface area contributed by atoms with Crippen LogP contribution in [0, 0.1) is 5.92 Å². The van der Waals surface area contributed by atoms with Gasteiger partial charge in [-0.15, -0.1) is 0 Å². The van der Waals surface area contributed by atoms with Crippen LogP contribution in [-0.2, 0) is 0 Å². The maximum atomic E-state index is 12.5. The minimum absolute atomic E-state index is 0.0436. The number of carbonyl (C=O) groups is 1. The lowest BCUT2D eigenvalue weighted by Crippen LogP contribution is -2.40. The molecule has 2 amide bonds. The second-order valence-electron chi connectivity index (χ2n) is 5.22. The third-order valence-corrected chi connectivity index (χ3v) is 3.15. The van der Waals surface area contributed by atoms with E-state index in [4.69, 9.17) is 0 Å². The Kier molecular flexibility index (Phi) is 4.71. The number of hydrogen-bond donors (Lipinski definition) is 1. The first-order valence-electron chi connectivity index (χ1n) is 6.59. The Labute approximate surface area is 119 Å². The van der Waals surface area contributed by atoms with E-state index in [1.165, 1.54) is 22.1 Å². The molecule has 9 heteroatoms. The summed E-state index contributed by atoms with van der Waals surface area (Å²) in [5.41, 5.74) is 0. The molecule has 2 heterocycles. The van der Waals surface area contributed by atoms with Crippen LogP contribution in [0.5, 0.6) is 0 Å². The molecule has 1 aromatic rings. The highest BCUT2D eigenvalue weighted by Crippen LogP contribution is 2.19. The number of carbonyl (C=O) groups excluding carboxylic acids is 1. The highest BCUT2D eigenvalue weighted by Gasteiger charge is 2.33. The van der Waals surface area contributed by atoms with Gasteiger partial charge in [-0.2, -0.15) is 13.2 Å². The quantitative estimate of drug-likeness (QED) is 0.908. The van der Waals surface area contributed by atoms with Crippen molar-refractivity contribution in [2.45, 2.75) is 13.1 Å². The lowest BCUT2D eigenvalue weighted by atomic mass is 10.1. The molecule has 0 bridgehead atoms. The van der Waals surface area contributed by atoms with E-state index in [2.05, 4.69) is 15.0 Å². The molecule has 1 fully saturated rings. The summed E-state index contributed by atoms with van der Waals surface area (Å²) in [5.74, 6) is 0.238. The Morgan fingerprint density at radius 2 is 2.24 bits per heavy atom. The number of alkyl halides is 3. The average Bonchev–Trinajstić information content (AvgIpc) is 2.77. The van der Waals surface area contributed by atoms with Gasteiger partial charge in [-0.1, -0.05) is 12.1 Å². The van der Waals surface area contributed by atoms with E-state index < -0.39 is 12.7 Å². The number of nitrogens with one attached hydrogen (secondary N) is 1. The Balaban J connectivity index is 1.92. The van der Waals surface area contributed by atoms with Crippen molar-refractivity contribution in [3.63, 3.8) is 0 Å². The molecule has 0 saturated carbocycles. The van der Waals surface area contributed by atoms with Gasteiger partial charge in [0.15, 0.2) is 5.82 Å². The minimum atomic E-state index is -4.22. The van der Waals surface area contributed by atoms with Crippen LogP contribution in [0.15, 0.2) is 16.9 Å². The monoisotopic (exact) mass is 306 g/mol. The second kappa shape index (κ2) is 6.33. The summed E-state index contributed by atoms with van der Waals surface area (Å²) in [6.07, 6.45) is -2.90. The third kappa shape index (κ3) is 4.92. The van der Waals surface area contributed by atoms with Crippen molar-refractivity contribution in [1.82, 2.24) is 15.0 Å². The van der Waals surface area contributed by atoms with Crippen molar-refractivity contribution < 1.29 is 22.5 Å². The Bertz CT molecular complexity index is 464. The van der Waals surface area contributed by atoms with Gasteiger partial charge in [-0.05, 0) is 5.92 Å². The third-order valence-electron chi connectivity index (χ3n) is 3.15. The SMILES string of the molecule is CC1CN(CC(F)(F)F)CCN(C(=O)Nc2ccon2)C1. The van der Waals surface area contributed by atoms with E-state index in [0.29, 0.717) is 13.1 Å². The van der Waals surface area contributed by atoms with Crippen molar-refractivity contribution in [2.24, 2.45) is 5.92 Å². The van der Waals surface area contributed by atoms with Crippen LogP contribution >= 0.6 is 0 Å². The normalized spacial score (nSPS) is 21.1. The highest BCUT2D eigenvalue weighted by molar-refractivity contribution is 5.88. The molecule has 1 aromatic heterocycles. The molecule has 118 valence electrons. The first kappa shape index (κ1) is 15.6. The van der Waals surface area contributed by atoms with Gasteiger partial charge < -0.3 is 9.42 Å². The Morgan fingerprint density at radius 1 is 1.48 bits per heavy atom. The molecule has 0 aliphatic carbocycles. The van der Waals surface area contributed by atoms with Crippen molar-refractivity contribution >= 4 is 11.8 Å². The summed E-state index contributed by atoms with van der Waals surface area (Å²) in [7, 11) is 0. The topological polar surface area (TPSA) is 61.6 Å². The largest absolute Gasteiger partial charge is 0.401 e. The van der Waals surface area contributed by atoms with E-state index in [9.17, 15) is 18.0 Å². The number of aromatic nitrogens is 1. The van der Waals surface area contributed by atoms with Gasteiger partial charge >= 0.3 is 12.2 Å². The fourth-order valence-electron chi connectivity index (χ4n) is 2.37. The van der Waals surface area contributed by atoms with Gasteiger partial charge in [0.2, 0.25) is 0 Å². The van der Waals surface area contributed by atoms with Crippen LogP contribution in [0.1, 0.15) is 6.92 Å². The van der Waals surface area contributed by atoms with Crippen LogP contribution in [0.2, 0.25) is 0 Å². The van der Waals surface area contributed by atoms with Gasteiger partial charge in [0, 0.05) is 32.2 Å². The van der Waals surface area contributed by atoms with Crippen LogP contribution in [0.3, 0.4) is 0 Å². The van der Waals surface area contributed by atoms with E-state index >= 15 is 0 Å². The molecule has 0 aromatic carbocycles. The van der Waals surface area contributed by atoms with E-state index in [0.717, 1.165) is 0 Å². The molecule has 6 nitrogen and oxygen atoms in total. The van der Waals surface area contributed by atoms with E-state index in [1.807, 2.05) is 6.92 Å². The number of halogens is 3. The first-order valence-corrected chi connectivity index (χ1v) is 6.59. The molecule has 1 aliphatic rings. The molecule has 1 unspecified atom stereocenters. The maximum Gasteiger partial charge on any atom is 0.401 e. The fourth-order valence-corrected chi connectivity index (χ4v) is 2.37. The molecule has 1 aliphatic heterocycles. The molecule has 1 N–H and O–H groups in total. The van der Waals surface area contributed by atoms with Gasteiger partial charge in [0.1, 0.15) is 6.26 Å². The van der Waals surface area contributed by atoms with Crippen LogP contribution in [0.25, 0.3) is 0 Å². The number of nitrogens with zero attached hydrogens (tertiary/aromatic N) is 3. The van der Waals surface area contributed by atoms with Gasteiger partial charge in [-0.3, -0.25) is 10.2 Å². The number of hydrogen-bond acceptors (Lipinski definition) is 4. The lowest BCUT2D eigenvalue weighted by Gasteiger charge is -2.22. The zero-order valence-electron chi connectivity index (χ0n) is 11.6.